The predicted molar refractivity (Wildman–Crippen MR) is 103 cm³/mol. The molecular weight excluding hydrogens is 364 g/mol. The van der Waals surface area contributed by atoms with E-state index in [0.717, 1.165) is 36.4 Å². The molecule has 0 spiro atoms. The Hall–Kier alpha value is -3.10. The third-order valence-corrected chi connectivity index (χ3v) is 5.76. The average Bonchev–Trinajstić information content (AvgIpc) is 3.36. The van der Waals surface area contributed by atoms with Gasteiger partial charge in [-0.05, 0) is 36.4 Å². The quantitative estimate of drug-likeness (QED) is 0.468. The van der Waals surface area contributed by atoms with Gasteiger partial charge in [-0.1, -0.05) is 11.3 Å². The van der Waals surface area contributed by atoms with Gasteiger partial charge < -0.3 is 0 Å². The Morgan fingerprint density at radius 3 is 2.54 bits per heavy atom. The maximum Gasteiger partial charge on any atom is 0.169 e. The van der Waals surface area contributed by atoms with Gasteiger partial charge in [-0.3, -0.25) is 4.98 Å². The molecule has 0 radical (unpaired) electrons. The third kappa shape index (κ3) is 2.75. The number of hydrogen-bond donors (Lipinski definition) is 0. The number of thiophene rings is 1. The molecule has 0 saturated heterocycles. The van der Waals surface area contributed by atoms with Crippen LogP contribution in [0.1, 0.15) is 0 Å². The maximum absolute atomic E-state index is 4.75. The van der Waals surface area contributed by atoms with E-state index in [0.29, 0.717) is 5.82 Å². The fraction of sp³-hybridized carbons (Fsp3) is 0. The number of rotatable bonds is 3. The van der Waals surface area contributed by atoms with Gasteiger partial charge in [-0.15, -0.1) is 21.5 Å². The topological polar surface area (TPSA) is 77.3 Å². The number of pyridine rings is 2. The van der Waals surface area contributed by atoms with Gasteiger partial charge in [-0.25, -0.2) is 15.0 Å². The molecule has 0 aromatic carbocycles. The zero-order chi connectivity index (χ0) is 17.3. The van der Waals surface area contributed by atoms with Crippen LogP contribution in [0, 0.1) is 0 Å². The normalized spacial score (nSPS) is 11.1. The molecule has 0 aliphatic carbocycles. The molecule has 0 amide bonds. The van der Waals surface area contributed by atoms with Crippen LogP contribution in [0.4, 0.5) is 0 Å². The van der Waals surface area contributed by atoms with Crippen LogP contribution in [0.5, 0.6) is 0 Å². The second-order valence-electron chi connectivity index (χ2n) is 5.43. The highest BCUT2D eigenvalue weighted by molar-refractivity contribution is 7.21. The van der Waals surface area contributed by atoms with Crippen molar-refractivity contribution in [2.24, 2.45) is 0 Å². The van der Waals surface area contributed by atoms with Crippen LogP contribution in [-0.4, -0.2) is 30.1 Å². The lowest BCUT2D eigenvalue weighted by atomic mass is 10.3. The van der Waals surface area contributed by atoms with Gasteiger partial charge in [0.25, 0.3) is 0 Å². The number of hydrogen-bond acceptors (Lipinski definition) is 8. The van der Waals surface area contributed by atoms with E-state index in [-0.39, 0.29) is 0 Å². The summed E-state index contributed by atoms with van der Waals surface area (Å²) in [5.41, 5.74) is 1.77. The van der Waals surface area contributed by atoms with Crippen LogP contribution < -0.4 is 0 Å². The fourth-order valence-corrected chi connectivity index (χ4v) is 4.29. The van der Waals surface area contributed by atoms with Gasteiger partial charge in [0.1, 0.15) is 15.5 Å². The maximum atomic E-state index is 4.75. The molecule has 0 aliphatic heterocycles. The van der Waals surface area contributed by atoms with E-state index < -0.39 is 0 Å². The second kappa shape index (κ2) is 6.32. The number of fused-ring (bicyclic) bond motifs is 1. The third-order valence-electron chi connectivity index (χ3n) is 3.72. The molecule has 26 heavy (non-hydrogen) atoms. The van der Waals surface area contributed by atoms with Crippen LogP contribution in [0.15, 0.2) is 61.2 Å². The van der Waals surface area contributed by atoms with Crippen LogP contribution in [-0.2, 0) is 0 Å². The first-order valence-electron chi connectivity index (χ1n) is 7.79. The van der Waals surface area contributed by atoms with Gasteiger partial charge in [0.05, 0.1) is 4.88 Å². The summed E-state index contributed by atoms with van der Waals surface area (Å²) in [7, 11) is 0. The molecular formula is C18H10N6S2. The molecule has 0 unspecified atom stereocenters. The zero-order valence-electron chi connectivity index (χ0n) is 13.3. The second-order valence-corrected chi connectivity index (χ2v) is 7.44. The first-order chi connectivity index (χ1) is 12.9. The van der Waals surface area contributed by atoms with Crippen molar-refractivity contribution >= 4 is 32.9 Å². The summed E-state index contributed by atoms with van der Waals surface area (Å²) in [6.45, 7) is 0. The Morgan fingerprint density at radius 2 is 1.69 bits per heavy atom. The highest BCUT2D eigenvalue weighted by Gasteiger charge is 2.13. The highest BCUT2D eigenvalue weighted by Crippen LogP contribution is 2.34. The lowest BCUT2D eigenvalue weighted by Gasteiger charge is -1.94. The Bertz CT molecular complexity index is 1180. The summed E-state index contributed by atoms with van der Waals surface area (Å²) in [6, 6.07) is 11.7. The first kappa shape index (κ1) is 15.2. The van der Waals surface area contributed by atoms with Crippen LogP contribution in [0.25, 0.3) is 42.2 Å². The summed E-state index contributed by atoms with van der Waals surface area (Å²) in [4.78, 5) is 19.4. The van der Waals surface area contributed by atoms with Crippen molar-refractivity contribution in [2.75, 3.05) is 0 Å². The molecule has 8 heteroatoms. The van der Waals surface area contributed by atoms with E-state index >= 15 is 0 Å². The minimum atomic E-state index is 0.715. The summed E-state index contributed by atoms with van der Waals surface area (Å²) in [6.07, 6.45) is 7.01. The average molecular weight is 374 g/mol. The minimum absolute atomic E-state index is 0.715. The summed E-state index contributed by atoms with van der Waals surface area (Å²) in [5.74, 6) is 0.715. The minimum Gasteiger partial charge on any atom is -0.264 e. The highest BCUT2D eigenvalue weighted by atomic mass is 32.1. The molecule has 5 rings (SSSR count). The largest absolute Gasteiger partial charge is 0.264 e. The Morgan fingerprint density at radius 1 is 0.808 bits per heavy atom. The van der Waals surface area contributed by atoms with Crippen molar-refractivity contribution in [2.45, 2.75) is 0 Å². The standard InChI is InChI=1S/C18H10N6S2/c1-3-12(10-19-6-1)17-23-24-18(26-17)13-5-4-11-9-14(25-16(11)22-13)15-20-7-2-8-21-15/h1-10H. The van der Waals surface area contributed by atoms with Crippen molar-refractivity contribution in [3.8, 4) is 32.0 Å². The lowest BCUT2D eigenvalue weighted by Crippen LogP contribution is -1.81. The molecule has 5 aromatic heterocycles. The van der Waals surface area contributed by atoms with E-state index in [9.17, 15) is 0 Å². The van der Waals surface area contributed by atoms with E-state index in [4.69, 9.17) is 4.98 Å². The van der Waals surface area contributed by atoms with Crippen LogP contribution >= 0.6 is 22.7 Å². The number of aromatic nitrogens is 6. The lowest BCUT2D eigenvalue weighted by molar-refractivity contribution is 1.09. The van der Waals surface area contributed by atoms with Crippen molar-refractivity contribution in [1.29, 1.82) is 0 Å². The monoisotopic (exact) mass is 374 g/mol. The van der Waals surface area contributed by atoms with Gasteiger partial charge in [-0.2, -0.15) is 0 Å². The predicted octanol–water partition coefficient (Wildman–Crippen LogP) is 4.33. The molecule has 5 heterocycles. The van der Waals surface area contributed by atoms with Gasteiger partial charge in [0, 0.05) is 35.7 Å². The Labute approximate surface area is 156 Å². The molecule has 0 bridgehead atoms. The van der Waals surface area contributed by atoms with E-state index in [1.54, 1.807) is 36.1 Å². The Balaban J connectivity index is 1.53. The van der Waals surface area contributed by atoms with Crippen LogP contribution in [0.2, 0.25) is 0 Å². The molecule has 0 atom stereocenters. The van der Waals surface area contributed by atoms with E-state index in [2.05, 4.69) is 31.2 Å². The molecule has 0 fully saturated rings. The summed E-state index contributed by atoms with van der Waals surface area (Å²) in [5, 5.41) is 11.2. The molecule has 124 valence electrons. The van der Waals surface area contributed by atoms with Gasteiger partial charge in [0.2, 0.25) is 0 Å². The van der Waals surface area contributed by atoms with Gasteiger partial charge in [0.15, 0.2) is 10.8 Å². The zero-order valence-corrected chi connectivity index (χ0v) is 14.9. The smallest absolute Gasteiger partial charge is 0.169 e. The van der Waals surface area contributed by atoms with Crippen molar-refractivity contribution in [3.63, 3.8) is 0 Å². The molecule has 6 nitrogen and oxygen atoms in total. The molecule has 5 aromatic rings. The van der Waals surface area contributed by atoms with E-state index in [1.807, 2.05) is 30.3 Å². The van der Waals surface area contributed by atoms with Gasteiger partial charge >= 0.3 is 0 Å². The van der Waals surface area contributed by atoms with Crippen molar-refractivity contribution < 1.29 is 0 Å². The summed E-state index contributed by atoms with van der Waals surface area (Å²) >= 11 is 3.08. The SMILES string of the molecule is c1cnc(-c2cc3ccc(-c4nnc(-c5cccnc5)s4)nc3s2)nc1. The van der Waals surface area contributed by atoms with Crippen molar-refractivity contribution in [3.05, 3.63) is 61.2 Å². The molecule has 0 N–H and O–H groups in total. The first-order valence-corrected chi connectivity index (χ1v) is 9.42. The molecule has 0 aliphatic rings. The van der Waals surface area contributed by atoms with Crippen LogP contribution in [0.3, 0.4) is 0 Å². The number of nitrogens with zero attached hydrogens (tertiary/aromatic N) is 6. The fourth-order valence-electron chi connectivity index (χ4n) is 2.51. The summed E-state index contributed by atoms with van der Waals surface area (Å²) < 4.78 is 0. The Kier molecular flexibility index (Phi) is 3.69. The van der Waals surface area contributed by atoms with E-state index in [1.165, 1.54) is 11.3 Å². The van der Waals surface area contributed by atoms with Crippen molar-refractivity contribution in [1.82, 2.24) is 30.1 Å². The molecule has 0 saturated carbocycles.